The largest absolute Gasteiger partial charge is 0.387 e. The van der Waals surface area contributed by atoms with Gasteiger partial charge in [0.25, 0.3) is 0 Å². The van der Waals surface area contributed by atoms with Crippen LogP contribution in [0.25, 0.3) is 0 Å². The van der Waals surface area contributed by atoms with Crippen LogP contribution in [0, 0.1) is 25.2 Å². The van der Waals surface area contributed by atoms with E-state index >= 15 is 0 Å². The Labute approximate surface area is 110 Å². The molecular formula is C15H22N2O. The summed E-state index contributed by atoms with van der Waals surface area (Å²) in [5.41, 5.74) is 3.24. The number of hydrogen-bond acceptors (Lipinski definition) is 3. The third-order valence-corrected chi connectivity index (χ3v) is 3.39. The van der Waals surface area contributed by atoms with Crippen LogP contribution in [-0.4, -0.2) is 29.6 Å². The Kier molecular flexibility index (Phi) is 5.33. The molecule has 0 heterocycles. The van der Waals surface area contributed by atoms with Gasteiger partial charge in [-0.25, -0.2) is 0 Å². The molecule has 2 atom stereocenters. The molecule has 1 aromatic carbocycles. The van der Waals surface area contributed by atoms with Gasteiger partial charge in [0.1, 0.15) is 0 Å². The van der Waals surface area contributed by atoms with Crippen molar-refractivity contribution in [3.8, 4) is 6.07 Å². The summed E-state index contributed by atoms with van der Waals surface area (Å²) in [7, 11) is 1.94. The Morgan fingerprint density at radius 2 is 2.06 bits per heavy atom. The zero-order valence-electron chi connectivity index (χ0n) is 11.6. The van der Waals surface area contributed by atoms with Crippen molar-refractivity contribution in [3.05, 3.63) is 34.9 Å². The first-order valence-electron chi connectivity index (χ1n) is 6.28. The van der Waals surface area contributed by atoms with E-state index < -0.39 is 6.10 Å². The molecule has 98 valence electrons. The van der Waals surface area contributed by atoms with Gasteiger partial charge in [-0.05, 0) is 38.9 Å². The van der Waals surface area contributed by atoms with E-state index in [-0.39, 0.29) is 6.04 Å². The lowest BCUT2D eigenvalue weighted by Crippen LogP contribution is -2.32. The van der Waals surface area contributed by atoms with Gasteiger partial charge in [0.05, 0.1) is 18.6 Å². The van der Waals surface area contributed by atoms with Gasteiger partial charge >= 0.3 is 0 Å². The highest BCUT2D eigenvalue weighted by Crippen LogP contribution is 2.20. The van der Waals surface area contributed by atoms with Gasteiger partial charge in [-0.3, -0.25) is 4.90 Å². The molecule has 0 unspecified atom stereocenters. The zero-order chi connectivity index (χ0) is 13.7. The molecular weight excluding hydrogens is 224 g/mol. The highest BCUT2D eigenvalue weighted by molar-refractivity contribution is 5.32. The van der Waals surface area contributed by atoms with Crippen molar-refractivity contribution >= 4 is 0 Å². The van der Waals surface area contributed by atoms with E-state index in [1.54, 1.807) is 0 Å². The van der Waals surface area contributed by atoms with Crippen LogP contribution >= 0.6 is 0 Å². The molecule has 0 saturated heterocycles. The lowest BCUT2D eigenvalue weighted by molar-refractivity contribution is 0.109. The first-order chi connectivity index (χ1) is 8.45. The molecule has 0 saturated carbocycles. The lowest BCUT2D eigenvalue weighted by Gasteiger charge is -2.26. The molecule has 3 nitrogen and oxygen atoms in total. The van der Waals surface area contributed by atoms with E-state index in [9.17, 15) is 5.11 Å². The van der Waals surface area contributed by atoms with Gasteiger partial charge < -0.3 is 5.11 Å². The Hall–Kier alpha value is -1.37. The van der Waals surface area contributed by atoms with Gasteiger partial charge in [0.2, 0.25) is 0 Å². The quantitative estimate of drug-likeness (QED) is 0.868. The predicted octanol–water partition coefficient (Wildman–Crippen LogP) is 2.57. The molecule has 0 bridgehead atoms. The summed E-state index contributed by atoms with van der Waals surface area (Å²) >= 11 is 0. The van der Waals surface area contributed by atoms with Gasteiger partial charge in [-0.15, -0.1) is 0 Å². The van der Waals surface area contributed by atoms with E-state index in [0.717, 1.165) is 16.7 Å². The van der Waals surface area contributed by atoms with Crippen LogP contribution in [0.1, 0.15) is 36.1 Å². The molecule has 1 aromatic rings. The van der Waals surface area contributed by atoms with Crippen LogP contribution in [0.3, 0.4) is 0 Å². The number of hydrogen-bond donors (Lipinski definition) is 1. The molecule has 0 aliphatic carbocycles. The maximum Gasteiger partial charge on any atom is 0.0919 e. The van der Waals surface area contributed by atoms with Crippen LogP contribution in [0.4, 0.5) is 0 Å². The highest BCUT2D eigenvalue weighted by atomic mass is 16.3. The third-order valence-electron chi connectivity index (χ3n) is 3.39. The molecule has 0 aliphatic rings. The standard InChI is InChI=1S/C15H22N2O/c1-11-5-6-12(2)14(9-11)15(18)10-17(4)13(3)7-8-16/h5-6,9,13,15,18H,7,10H2,1-4H3/t13-,15-/m0/s1. The van der Waals surface area contributed by atoms with Crippen molar-refractivity contribution in [1.29, 1.82) is 5.26 Å². The van der Waals surface area contributed by atoms with Gasteiger partial charge in [-0.1, -0.05) is 23.8 Å². The number of rotatable bonds is 5. The summed E-state index contributed by atoms with van der Waals surface area (Å²) in [5, 5.41) is 19.0. The fourth-order valence-corrected chi connectivity index (χ4v) is 1.96. The average Bonchev–Trinajstić information content (AvgIpc) is 2.32. The second kappa shape index (κ2) is 6.53. The molecule has 0 radical (unpaired) electrons. The summed E-state index contributed by atoms with van der Waals surface area (Å²) in [6.45, 7) is 6.58. The molecule has 0 amide bonds. The fraction of sp³-hybridized carbons (Fsp3) is 0.533. The molecule has 0 aromatic heterocycles. The minimum Gasteiger partial charge on any atom is -0.387 e. The van der Waals surface area contributed by atoms with Crippen LogP contribution in [0.5, 0.6) is 0 Å². The highest BCUT2D eigenvalue weighted by Gasteiger charge is 2.16. The first-order valence-corrected chi connectivity index (χ1v) is 6.28. The molecule has 18 heavy (non-hydrogen) atoms. The lowest BCUT2D eigenvalue weighted by atomic mass is 10.00. The van der Waals surface area contributed by atoms with E-state index in [2.05, 4.69) is 6.07 Å². The number of aliphatic hydroxyl groups is 1. The van der Waals surface area contributed by atoms with Crippen molar-refractivity contribution in [2.24, 2.45) is 0 Å². The molecule has 1 rings (SSSR count). The molecule has 3 heteroatoms. The smallest absolute Gasteiger partial charge is 0.0919 e. The second-order valence-electron chi connectivity index (χ2n) is 5.03. The van der Waals surface area contributed by atoms with Crippen LogP contribution in [0.2, 0.25) is 0 Å². The molecule has 0 spiro atoms. The summed E-state index contributed by atoms with van der Waals surface area (Å²) in [4.78, 5) is 2.02. The number of benzene rings is 1. The SMILES string of the molecule is Cc1ccc(C)c([C@@H](O)CN(C)[C@@H](C)CC#N)c1. The number of likely N-dealkylation sites (N-methyl/N-ethyl adjacent to an activating group) is 1. The van der Waals surface area contributed by atoms with Gasteiger partial charge in [0.15, 0.2) is 0 Å². The Morgan fingerprint density at radius 1 is 1.39 bits per heavy atom. The van der Waals surface area contributed by atoms with Crippen molar-refractivity contribution in [3.63, 3.8) is 0 Å². The molecule has 1 N–H and O–H groups in total. The summed E-state index contributed by atoms with van der Waals surface area (Å²) in [6.07, 6.45) is -0.0215. The molecule has 0 aliphatic heterocycles. The monoisotopic (exact) mass is 246 g/mol. The van der Waals surface area contributed by atoms with Gasteiger partial charge in [0, 0.05) is 12.6 Å². The predicted molar refractivity (Wildman–Crippen MR) is 73.2 cm³/mol. The fourth-order valence-electron chi connectivity index (χ4n) is 1.96. The first kappa shape index (κ1) is 14.7. The number of aryl methyl sites for hydroxylation is 2. The minimum atomic E-state index is -0.504. The van der Waals surface area contributed by atoms with Crippen LogP contribution < -0.4 is 0 Å². The van der Waals surface area contributed by atoms with E-state index in [4.69, 9.17) is 5.26 Å². The van der Waals surface area contributed by atoms with Crippen molar-refractivity contribution < 1.29 is 5.11 Å². The van der Waals surface area contributed by atoms with E-state index in [1.165, 1.54) is 0 Å². The summed E-state index contributed by atoms with van der Waals surface area (Å²) < 4.78 is 0. The van der Waals surface area contributed by atoms with Crippen molar-refractivity contribution in [2.45, 2.75) is 39.3 Å². The topological polar surface area (TPSA) is 47.3 Å². The van der Waals surface area contributed by atoms with E-state index in [1.807, 2.05) is 50.9 Å². The Balaban J connectivity index is 2.73. The number of aliphatic hydroxyl groups excluding tert-OH is 1. The van der Waals surface area contributed by atoms with Gasteiger partial charge in [-0.2, -0.15) is 5.26 Å². The normalized spacial score (nSPS) is 14.3. The van der Waals surface area contributed by atoms with E-state index in [0.29, 0.717) is 13.0 Å². The summed E-state index contributed by atoms with van der Waals surface area (Å²) in [5.74, 6) is 0. The second-order valence-corrected chi connectivity index (χ2v) is 5.03. The average molecular weight is 246 g/mol. The summed E-state index contributed by atoms with van der Waals surface area (Å²) in [6, 6.07) is 8.43. The molecule has 0 fully saturated rings. The van der Waals surface area contributed by atoms with Crippen molar-refractivity contribution in [2.75, 3.05) is 13.6 Å². The third kappa shape index (κ3) is 3.83. The number of nitriles is 1. The van der Waals surface area contributed by atoms with Crippen LogP contribution in [0.15, 0.2) is 18.2 Å². The number of nitrogens with zero attached hydrogens (tertiary/aromatic N) is 2. The van der Waals surface area contributed by atoms with Crippen molar-refractivity contribution in [1.82, 2.24) is 4.90 Å². The minimum absolute atomic E-state index is 0.162. The Morgan fingerprint density at radius 3 is 2.67 bits per heavy atom. The maximum atomic E-state index is 10.3. The zero-order valence-corrected chi connectivity index (χ0v) is 11.6. The maximum absolute atomic E-state index is 10.3. The Bertz CT molecular complexity index is 437. The van der Waals surface area contributed by atoms with Crippen LogP contribution in [-0.2, 0) is 0 Å².